The van der Waals surface area contributed by atoms with Crippen molar-refractivity contribution < 1.29 is 9.53 Å². The molecular formula is C17H21N3O2S. The Balaban J connectivity index is 1.59. The van der Waals surface area contributed by atoms with Crippen LogP contribution in [0.25, 0.3) is 0 Å². The van der Waals surface area contributed by atoms with Crippen LogP contribution in [0.15, 0.2) is 35.8 Å². The lowest BCUT2D eigenvalue weighted by molar-refractivity contribution is 0.0760. The fourth-order valence-electron chi connectivity index (χ4n) is 2.77. The summed E-state index contributed by atoms with van der Waals surface area (Å²) >= 11 is 1.79. The molecule has 0 radical (unpaired) electrons. The highest BCUT2D eigenvalue weighted by molar-refractivity contribution is 7.09. The van der Waals surface area contributed by atoms with Crippen LogP contribution in [0.4, 0.5) is 0 Å². The van der Waals surface area contributed by atoms with E-state index in [1.807, 2.05) is 4.90 Å². The summed E-state index contributed by atoms with van der Waals surface area (Å²) in [5.74, 6) is 0.581. The van der Waals surface area contributed by atoms with Gasteiger partial charge in [-0.15, -0.1) is 11.3 Å². The van der Waals surface area contributed by atoms with E-state index in [4.69, 9.17) is 4.74 Å². The van der Waals surface area contributed by atoms with Crippen molar-refractivity contribution in [1.82, 2.24) is 14.8 Å². The van der Waals surface area contributed by atoms with Gasteiger partial charge in [0, 0.05) is 49.9 Å². The first-order chi connectivity index (χ1) is 11.3. The van der Waals surface area contributed by atoms with Gasteiger partial charge in [-0.25, -0.2) is 4.98 Å². The van der Waals surface area contributed by atoms with Crippen LogP contribution in [0.2, 0.25) is 0 Å². The predicted octanol–water partition coefficient (Wildman–Crippen LogP) is 2.50. The zero-order chi connectivity index (χ0) is 16.1. The fraction of sp³-hybridized carbons (Fsp3) is 0.412. The van der Waals surface area contributed by atoms with Crippen LogP contribution in [0.5, 0.6) is 5.88 Å². The molecule has 1 saturated heterocycles. The van der Waals surface area contributed by atoms with Crippen molar-refractivity contribution in [3.8, 4) is 5.88 Å². The van der Waals surface area contributed by atoms with E-state index in [2.05, 4.69) is 27.4 Å². The van der Waals surface area contributed by atoms with Gasteiger partial charge in [-0.2, -0.15) is 0 Å². The fourth-order valence-corrected chi connectivity index (χ4v) is 3.51. The van der Waals surface area contributed by atoms with Crippen molar-refractivity contribution in [3.05, 3.63) is 46.3 Å². The number of carbonyl (C=O) groups is 1. The molecule has 0 aliphatic carbocycles. The van der Waals surface area contributed by atoms with Gasteiger partial charge in [0.25, 0.3) is 5.91 Å². The lowest BCUT2D eigenvalue weighted by Gasteiger charge is -2.21. The molecule has 1 amide bonds. The summed E-state index contributed by atoms with van der Waals surface area (Å²) in [5, 5.41) is 2.11. The summed E-state index contributed by atoms with van der Waals surface area (Å²) in [6.07, 6.45) is 2.59. The van der Waals surface area contributed by atoms with E-state index in [0.717, 1.165) is 39.1 Å². The molecule has 3 heterocycles. The van der Waals surface area contributed by atoms with Crippen molar-refractivity contribution in [1.29, 1.82) is 0 Å². The third-order valence-electron chi connectivity index (χ3n) is 4.03. The van der Waals surface area contributed by atoms with Gasteiger partial charge in [0.1, 0.15) is 0 Å². The first kappa shape index (κ1) is 16.0. The Kier molecular flexibility index (Phi) is 5.25. The number of nitrogens with zero attached hydrogens (tertiary/aromatic N) is 3. The largest absolute Gasteiger partial charge is 0.481 e. The van der Waals surface area contributed by atoms with Crippen LogP contribution < -0.4 is 4.74 Å². The first-order valence-electron chi connectivity index (χ1n) is 7.80. The first-order valence-corrected chi connectivity index (χ1v) is 8.68. The second-order valence-corrected chi connectivity index (χ2v) is 6.62. The summed E-state index contributed by atoms with van der Waals surface area (Å²) in [4.78, 5) is 22.5. The molecule has 3 rings (SSSR count). The van der Waals surface area contributed by atoms with Gasteiger partial charge in [-0.1, -0.05) is 6.07 Å². The molecule has 122 valence electrons. The van der Waals surface area contributed by atoms with Crippen LogP contribution in [0.3, 0.4) is 0 Å². The molecule has 0 N–H and O–H groups in total. The SMILES string of the molecule is COc1ccc(C(=O)N2CCCN(Cc3cccs3)CC2)cn1. The van der Waals surface area contributed by atoms with E-state index in [1.54, 1.807) is 36.8 Å². The molecule has 0 spiro atoms. The van der Waals surface area contributed by atoms with Gasteiger partial charge < -0.3 is 9.64 Å². The van der Waals surface area contributed by atoms with E-state index in [1.165, 1.54) is 4.88 Å². The number of rotatable bonds is 4. The Bertz CT molecular complexity index is 628. The summed E-state index contributed by atoms with van der Waals surface area (Å²) in [7, 11) is 1.57. The highest BCUT2D eigenvalue weighted by Gasteiger charge is 2.20. The van der Waals surface area contributed by atoms with E-state index in [9.17, 15) is 4.79 Å². The number of pyridine rings is 1. The summed E-state index contributed by atoms with van der Waals surface area (Å²) in [6.45, 7) is 4.47. The summed E-state index contributed by atoms with van der Waals surface area (Å²) in [5.41, 5.74) is 0.623. The second kappa shape index (κ2) is 7.57. The van der Waals surface area contributed by atoms with E-state index >= 15 is 0 Å². The Hall–Kier alpha value is -1.92. The van der Waals surface area contributed by atoms with Crippen molar-refractivity contribution in [3.63, 3.8) is 0 Å². The Morgan fingerprint density at radius 2 is 2.17 bits per heavy atom. The minimum Gasteiger partial charge on any atom is -0.481 e. The normalized spacial score (nSPS) is 16.1. The van der Waals surface area contributed by atoms with Crippen molar-refractivity contribution >= 4 is 17.2 Å². The van der Waals surface area contributed by atoms with Crippen LogP contribution in [0, 0.1) is 0 Å². The van der Waals surface area contributed by atoms with Gasteiger partial charge in [-0.3, -0.25) is 9.69 Å². The number of methoxy groups -OCH3 is 1. The number of hydrogen-bond acceptors (Lipinski definition) is 5. The maximum Gasteiger partial charge on any atom is 0.255 e. The minimum atomic E-state index is 0.0538. The Labute approximate surface area is 140 Å². The Morgan fingerprint density at radius 3 is 2.87 bits per heavy atom. The molecule has 5 nitrogen and oxygen atoms in total. The van der Waals surface area contributed by atoms with Gasteiger partial charge in [0.2, 0.25) is 5.88 Å². The number of carbonyl (C=O) groups excluding carboxylic acids is 1. The topological polar surface area (TPSA) is 45.7 Å². The van der Waals surface area contributed by atoms with E-state index < -0.39 is 0 Å². The van der Waals surface area contributed by atoms with Crippen molar-refractivity contribution in [2.45, 2.75) is 13.0 Å². The molecule has 0 saturated carbocycles. The number of amides is 1. The Morgan fingerprint density at radius 1 is 1.26 bits per heavy atom. The van der Waals surface area contributed by atoms with Gasteiger partial charge in [0.15, 0.2) is 0 Å². The maximum atomic E-state index is 12.6. The van der Waals surface area contributed by atoms with Crippen molar-refractivity contribution in [2.24, 2.45) is 0 Å². The van der Waals surface area contributed by atoms with Crippen LogP contribution >= 0.6 is 11.3 Å². The molecule has 1 aliphatic rings. The zero-order valence-electron chi connectivity index (χ0n) is 13.3. The van der Waals surface area contributed by atoms with Crippen molar-refractivity contribution in [2.75, 3.05) is 33.3 Å². The molecular weight excluding hydrogens is 310 g/mol. The third-order valence-corrected chi connectivity index (χ3v) is 4.89. The average Bonchev–Trinajstić information content (AvgIpc) is 2.99. The lowest BCUT2D eigenvalue weighted by atomic mass is 10.2. The molecule has 6 heteroatoms. The molecule has 1 aliphatic heterocycles. The van der Waals surface area contributed by atoms with E-state index in [0.29, 0.717) is 11.4 Å². The molecule has 2 aromatic heterocycles. The smallest absolute Gasteiger partial charge is 0.255 e. The van der Waals surface area contributed by atoms with Gasteiger partial charge in [-0.05, 0) is 23.9 Å². The molecule has 0 aromatic carbocycles. The zero-order valence-corrected chi connectivity index (χ0v) is 14.1. The molecule has 0 atom stereocenters. The summed E-state index contributed by atoms with van der Waals surface area (Å²) < 4.78 is 5.04. The molecule has 0 bridgehead atoms. The predicted molar refractivity (Wildman–Crippen MR) is 90.9 cm³/mol. The third kappa shape index (κ3) is 4.09. The minimum absolute atomic E-state index is 0.0538. The number of thiophene rings is 1. The highest BCUT2D eigenvalue weighted by atomic mass is 32.1. The second-order valence-electron chi connectivity index (χ2n) is 5.59. The quantitative estimate of drug-likeness (QED) is 0.863. The van der Waals surface area contributed by atoms with Crippen LogP contribution in [0.1, 0.15) is 21.7 Å². The maximum absolute atomic E-state index is 12.6. The lowest BCUT2D eigenvalue weighted by Crippen LogP contribution is -2.35. The number of aromatic nitrogens is 1. The van der Waals surface area contributed by atoms with E-state index in [-0.39, 0.29) is 5.91 Å². The van der Waals surface area contributed by atoms with Gasteiger partial charge >= 0.3 is 0 Å². The molecule has 0 unspecified atom stereocenters. The molecule has 1 fully saturated rings. The monoisotopic (exact) mass is 331 g/mol. The number of hydrogen-bond donors (Lipinski definition) is 0. The summed E-state index contributed by atoms with van der Waals surface area (Å²) in [6, 6.07) is 7.77. The van der Waals surface area contributed by atoms with Crippen LogP contribution in [-0.2, 0) is 6.54 Å². The van der Waals surface area contributed by atoms with Crippen LogP contribution in [-0.4, -0.2) is 54.0 Å². The van der Waals surface area contributed by atoms with Gasteiger partial charge in [0.05, 0.1) is 12.7 Å². The standard InChI is InChI=1S/C17H21N3O2S/c1-22-16-6-5-14(12-18-16)17(21)20-8-3-7-19(9-10-20)13-15-4-2-11-23-15/h2,4-6,11-12H,3,7-10,13H2,1H3. The highest BCUT2D eigenvalue weighted by Crippen LogP contribution is 2.15. The molecule has 23 heavy (non-hydrogen) atoms. The molecule has 2 aromatic rings. The average molecular weight is 331 g/mol. The number of ether oxygens (including phenoxy) is 1.